The molecule has 1 saturated heterocycles. The van der Waals surface area contributed by atoms with Crippen LogP contribution in [-0.2, 0) is 11.3 Å². The average Bonchev–Trinajstić information content (AvgIpc) is 3.59. The van der Waals surface area contributed by atoms with Crippen LogP contribution in [0.1, 0.15) is 5.82 Å². The number of aromatic nitrogens is 6. The van der Waals surface area contributed by atoms with Crippen molar-refractivity contribution in [2.45, 2.75) is 12.7 Å². The number of aromatic amines is 1. The van der Waals surface area contributed by atoms with E-state index in [0.717, 1.165) is 43.3 Å². The first-order chi connectivity index (χ1) is 16.3. The molecule has 0 spiro atoms. The molecule has 0 aromatic carbocycles. The molecule has 5 heterocycles. The number of nitrogens with one attached hydrogen (secondary N) is 3. The largest absolute Gasteiger partial charge is 0.490 e. The maximum atomic E-state index is 10.6. The molecule has 15 heteroatoms. The molecule has 12 nitrogen and oxygen atoms in total. The van der Waals surface area contributed by atoms with Crippen molar-refractivity contribution in [2.75, 3.05) is 36.4 Å². The van der Waals surface area contributed by atoms with Crippen LogP contribution in [0.25, 0.3) is 16.9 Å². The zero-order valence-corrected chi connectivity index (χ0v) is 17.6. The summed E-state index contributed by atoms with van der Waals surface area (Å²) in [7, 11) is 0. The minimum Gasteiger partial charge on any atom is -0.475 e. The first-order valence-corrected chi connectivity index (χ1v) is 10.1. The first kappa shape index (κ1) is 23.0. The zero-order chi connectivity index (χ0) is 24.1. The average molecular weight is 479 g/mol. The molecule has 0 saturated carbocycles. The Labute approximate surface area is 189 Å². The smallest absolute Gasteiger partial charge is 0.475 e. The summed E-state index contributed by atoms with van der Waals surface area (Å²) in [6.07, 6.45) is 3.49. The maximum absolute atomic E-state index is 10.6. The fourth-order valence-corrected chi connectivity index (χ4v) is 3.16. The maximum Gasteiger partial charge on any atom is 0.490 e. The molecule has 0 amide bonds. The van der Waals surface area contributed by atoms with Gasteiger partial charge < -0.3 is 30.0 Å². The molecule has 180 valence electrons. The van der Waals surface area contributed by atoms with Gasteiger partial charge in [-0.25, -0.2) is 14.8 Å². The fraction of sp³-hybridized carbons (Fsp3) is 0.316. The number of aliphatic carboxylic acids is 1. The lowest BCUT2D eigenvalue weighted by Crippen LogP contribution is -2.44. The third kappa shape index (κ3) is 5.25. The number of carboxylic acids is 1. The van der Waals surface area contributed by atoms with Crippen molar-refractivity contribution in [1.29, 1.82) is 0 Å². The number of piperazine rings is 1. The van der Waals surface area contributed by atoms with Gasteiger partial charge in [0.25, 0.3) is 0 Å². The lowest BCUT2D eigenvalue weighted by Gasteiger charge is -2.27. The van der Waals surface area contributed by atoms with Gasteiger partial charge in [-0.1, -0.05) is 0 Å². The van der Waals surface area contributed by atoms with Crippen molar-refractivity contribution < 1.29 is 27.5 Å². The van der Waals surface area contributed by atoms with Gasteiger partial charge in [-0.05, 0) is 0 Å². The summed E-state index contributed by atoms with van der Waals surface area (Å²) in [5, 5.41) is 13.8. The van der Waals surface area contributed by atoms with E-state index in [-0.39, 0.29) is 0 Å². The van der Waals surface area contributed by atoms with Gasteiger partial charge in [0, 0.05) is 44.6 Å². The first-order valence-electron chi connectivity index (χ1n) is 10.1. The number of anilines is 2. The van der Waals surface area contributed by atoms with Gasteiger partial charge in [0.15, 0.2) is 17.0 Å². The van der Waals surface area contributed by atoms with Gasteiger partial charge in [-0.15, -0.1) is 0 Å². The Kier molecular flexibility index (Phi) is 6.62. The predicted octanol–water partition coefficient (Wildman–Crippen LogP) is 1.79. The normalized spacial score (nSPS) is 14.0. The summed E-state index contributed by atoms with van der Waals surface area (Å²) in [6, 6.07) is 1.88. The van der Waals surface area contributed by atoms with Crippen LogP contribution < -0.4 is 15.5 Å². The molecule has 0 atom stereocenters. The number of H-pyrrole nitrogens is 1. The zero-order valence-electron chi connectivity index (χ0n) is 17.6. The van der Waals surface area contributed by atoms with Crippen LogP contribution in [0.4, 0.5) is 24.9 Å². The van der Waals surface area contributed by atoms with Crippen molar-refractivity contribution in [3.63, 3.8) is 0 Å². The number of carboxylic acid groups (broad SMARTS) is 1. The number of hydrogen-bond donors (Lipinski definition) is 4. The predicted molar refractivity (Wildman–Crippen MR) is 114 cm³/mol. The Balaban J connectivity index is 0.000000344. The van der Waals surface area contributed by atoms with Crippen molar-refractivity contribution in [2.24, 2.45) is 0 Å². The molecule has 0 radical (unpaired) electrons. The van der Waals surface area contributed by atoms with Gasteiger partial charge in [0.1, 0.15) is 18.4 Å². The van der Waals surface area contributed by atoms with Gasteiger partial charge >= 0.3 is 12.1 Å². The molecule has 4 N–H and O–H groups in total. The van der Waals surface area contributed by atoms with Crippen LogP contribution in [0.3, 0.4) is 0 Å². The summed E-state index contributed by atoms with van der Waals surface area (Å²) >= 11 is 0. The van der Waals surface area contributed by atoms with E-state index >= 15 is 0 Å². The van der Waals surface area contributed by atoms with Crippen molar-refractivity contribution in [3.8, 4) is 5.69 Å². The standard InChI is InChI=1S/C17H19N9O.C2HF3O2/c1-8-27-10-12(1)26-11-22-14-15(21-9-13-19-2-3-20-13)23-17(24-16(14)26)25-6-4-18-5-7-25;3-2(4,5)1(6)7/h1-3,8,10-11,18H,4-7,9H2,(H,19,20)(H,21,23,24);(H,6,7). The Hall–Kier alpha value is -4.14. The summed E-state index contributed by atoms with van der Waals surface area (Å²) < 4.78 is 38.9. The van der Waals surface area contributed by atoms with Crippen molar-refractivity contribution in [3.05, 3.63) is 43.1 Å². The second-order valence-electron chi connectivity index (χ2n) is 7.07. The number of imidazole rings is 2. The number of halogens is 3. The molecular formula is C19H20F3N9O3. The van der Waals surface area contributed by atoms with Crippen LogP contribution in [0.15, 0.2) is 41.7 Å². The monoisotopic (exact) mass is 479 g/mol. The fourth-order valence-electron chi connectivity index (χ4n) is 3.16. The molecule has 1 fully saturated rings. The van der Waals surface area contributed by atoms with Crippen LogP contribution in [-0.4, -0.2) is 72.9 Å². The Morgan fingerprint density at radius 2 is 2.00 bits per heavy atom. The highest BCUT2D eigenvalue weighted by Gasteiger charge is 2.38. The van der Waals surface area contributed by atoms with E-state index in [0.29, 0.717) is 23.8 Å². The Bertz CT molecular complexity index is 1220. The molecule has 1 aliphatic heterocycles. The lowest BCUT2D eigenvalue weighted by molar-refractivity contribution is -0.192. The SMILES string of the molecule is O=C(O)C(F)(F)F.c1c[nH]c(CNc2nc(N3CCNCC3)nc3c2ncn3-c2ccoc2)n1. The molecule has 34 heavy (non-hydrogen) atoms. The summed E-state index contributed by atoms with van der Waals surface area (Å²) in [6.45, 7) is 4.08. The summed E-state index contributed by atoms with van der Waals surface area (Å²) in [5.74, 6) is -0.546. The van der Waals surface area contributed by atoms with E-state index in [1.807, 2.05) is 10.6 Å². The summed E-state index contributed by atoms with van der Waals surface area (Å²) in [5.41, 5.74) is 2.32. The van der Waals surface area contributed by atoms with Crippen molar-refractivity contribution in [1.82, 2.24) is 34.8 Å². The second-order valence-corrected chi connectivity index (χ2v) is 7.07. The number of alkyl halides is 3. The second kappa shape index (κ2) is 9.78. The molecule has 4 aromatic rings. The number of fused-ring (bicyclic) bond motifs is 1. The number of hydrogen-bond acceptors (Lipinski definition) is 9. The van der Waals surface area contributed by atoms with Crippen molar-refractivity contribution >= 4 is 28.9 Å². The molecular weight excluding hydrogens is 459 g/mol. The number of rotatable bonds is 5. The van der Waals surface area contributed by atoms with E-state index in [9.17, 15) is 13.2 Å². The molecule has 5 rings (SSSR count). The highest BCUT2D eigenvalue weighted by atomic mass is 19.4. The highest BCUT2D eigenvalue weighted by molar-refractivity contribution is 5.85. The Morgan fingerprint density at radius 1 is 1.24 bits per heavy atom. The molecule has 1 aliphatic rings. The quantitative estimate of drug-likeness (QED) is 0.334. The van der Waals surface area contributed by atoms with Crippen LogP contribution in [0.5, 0.6) is 0 Å². The third-order valence-corrected chi connectivity index (χ3v) is 4.79. The highest BCUT2D eigenvalue weighted by Crippen LogP contribution is 2.25. The van der Waals surface area contributed by atoms with E-state index in [2.05, 4.69) is 30.5 Å². The molecule has 0 aliphatic carbocycles. The minimum absolute atomic E-state index is 0.526. The van der Waals surface area contributed by atoms with E-state index < -0.39 is 12.1 Å². The molecule has 4 aromatic heterocycles. The number of carbonyl (C=O) groups is 1. The van der Waals surface area contributed by atoms with Crippen LogP contribution >= 0.6 is 0 Å². The van der Waals surface area contributed by atoms with E-state index in [4.69, 9.17) is 24.3 Å². The van der Waals surface area contributed by atoms with Gasteiger partial charge in [0.05, 0.1) is 18.5 Å². The lowest BCUT2D eigenvalue weighted by atomic mass is 10.4. The molecule has 0 bridgehead atoms. The van der Waals surface area contributed by atoms with Crippen LogP contribution in [0.2, 0.25) is 0 Å². The summed E-state index contributed by atoms with van der Waals surface area (Å²) in [4.78, 5) is 32.5. The topological polar surface area (TPSA) is 150 Å². The van der Waals surface area contributed by atoms with Gasteiger partial charge in [0.2, 0.25) is 5.95 Å². The molecule has 0 unspecified atom stereocenters. The van der Waals surface area contributed by atoms with E-state index in [1.165, 1.54) is 0 Å². The van der Waals surface area contributed by atoms with Gasteiger partial charge in [-0.2, -0.15) is 23.1 Å². The van der Waals surface area contributed by atoms with Crippen LogP contribution in [0, 0.1) is 0 Å². The minimum atomic E-state index is -5.08. The number of furan rings is 1. The Morgan fingerprint density at radius 3 is 2.62 bits per heavy atom. The van der Waals surface area contributed by atoms with Gasteiger partial charge in [-0.3, -0.25) is 4.57 Å². The van der Waals surface area contributed by atoms with E-state index in [1.54, 1.807) is 31.2 Å². The number of nitrogens with zero attached hydrogens (tertiary/aromatic N) is 6. The third-order valence-electron chi connectivity index (χ3n) is 4.79.